The van der Waals surface area contributed by atoms with Crippen molar-refractivity contribution in [2.24, 2.45) is 0 Å². The molecule has 0 unspecified atom stereocenters. The van der Waals surface area contributed by atoms with Gasteiger partial charge in [0.05, 0.1) is 35.6 Å². The molecule has 170 valence electrons. The minimum Gasteiger partial charge on any atom is -0.444 e. The average molecular weight is 460 g/mol. The van der Waals surface area contributed by atoms with E-state index in [1.54, 1.807) is 4.90 Å². The summed E-state index contributed by atoms with van der Waals surface area (Å²) in [6.45, 7) is 17.4. The van der Waals surface area contributed by atoms with Crippen LogP contribution in [0.1, 0.15) is 48.0 Å². The fourth-order valence-electron chi connectivity index (χ4n) is 2.96. The monoisotopic (exact) mass is 459 g/mol. The number of carbonyl (C=O) groups is 1. The first kappa shape index (κ1) is 24.9. The van der Waals surface area contributed by atoms with Crippen LogP contribution < -0.4 is 5.32 Å². The van der Waals surface area contributed by atoms with Crippen LogP contribution in [0, 0.1) is 5.95 Å². The van der Waals surface area contributed by atoms with Crippen LogP contribution in [-0.4, -0.2) is 55.1 Å². The lowest BCUT2D eigenvalue weighted by Gasteiger charge is -2.45. The van der Waals surface area contributed by atoms with Gasteiger partial charge < -0.3 is 19.4 Å². The molecule has 6 nitrogen and oxygen atoms in total. The van der Waals surface area contributed by atoms with Crippen molar-refractivity contribution in [1.82, 2.24) is 9.88 Å². The molecule has 9 heteroatoms. The van der Waals surface area contributed by atoms with Crippen LogP contribution in [0.2, 0.25) is 23.2 Å². The molecular weight excluding hydrogens is 425 g/mol. The van der Waals surface area contributed by atoms with Gasteiger partial charge in [0.1, 0.15) is 5.60 Å². The third-order valence-electron chi connectivity index (χ3n) is 5.61. The average Bonchev–Trinajstić information content (AvgIpc) is 2.57. The predicted molar refractivity (Wildman–Crippen MR) is 121 cm³/mol. The molecule has 0 spiro atoms. The van der Waals surface area contributed by atoms with Crippen molar-refractivity contribution in [2.45, 2.75) is 83.8 Å². The van der Waals surface area contributed by atoms with Gasteiger partial charge in [0.25, 0.3) is 0 Å². The van der Waals surface area contributed by atoms with Crippen molar-refractivity contribution in [1.29, 1.82) is 0 Å². The minimum atomic E-state index is -2.10. The summed E-state index contributed by atoms with van der Waals surface area (Å²) in [5.74, 6) is -0.698. The van der Waals surface area contributed by atoms with Crippen molar-refractivity contribution >= 4 is 31.7 Å². The van der Waals surface area contributed by atoms with Gasteiger partial charge >= 0.3 is 6.09 Å². The summed E-state index contributed by atoms with van der Waals surface area (Å²) in [6.07, 6.45) is 1.51. The molecule has 1 aliphatic rings. The zero-order valence-electron chi connectivity index (χ0n) is 19.3. The molecule has 2 rings (SSSR count). The van der Waals surface area contributed by atoms with Crippen LogP contribution in [0.3, 0.4) is 0 Å². The Balaban J connectivity index is 2.22. The molecule has 1 aromatic heterocycles. The summed E-state index contributed by atoms with van der Waals surface area (Å²) in [7, 11) is -2.10. The first-order valence-corrected chi connectivity index (χ1v) is 13.6. The van der Waals surface area contributed by atoms with Gasteiger partial charge in [0.15, 0.2) is 8.32 Å². The van der Waals surface area contributed by atoms with Crippen molar-refractivity contribution < 1.29 is 18.3 Å². The Hall–Kier alpha value is -1.38. The zero-order chi connectivity index (χ0) is 22.9. The highest BCUT2D eigenvalue weighted by Gasteiger charge is 2.43. The number of aromatic nitrogens is 1. The number of nitrogens with zero attached hydrogens (tertiary/aromatic N) is 2. The lowest BCUT2D eigenvalue weighted by molar-refractivity contribution is 0.00346. The van der Waals surface area contributed by atoms with Gasteiger partial charge in [-0.2, -0.15) is 4.39 Å². The Kier molecular flexibility index (Phi) is 7.47. The number of rotatable bonds is 4. The number of hydrogen-bond acceptors (Lipinski definition) is 5. The highest BCUT2D eigenvalue weighted by atomic mass is 35.5. The summed E-state index contributed by atoms with van der Waals surface area (Å²) < 4.78 is 25.7. The lowest BCUT2D eigenvalue weighted by atomic mass is 10.0. The standard InChI is InChI=1S/C21H35ClFN3O3Si/c1-20(2,3)28-19(27)26-10-9-16(25-14-11-15(22)18(23)24-12-14)17(13-26)29-30(7,8)21(4,5)6/h11-12,16-17,25H,9-10,13H2,1-8H3/t16-,17+/m0/s1. The van der Waals surface area contributed by atoms with E-state index in [1.807, 2.05) is 20.8 Å². The molecule has 2 atom stereocenters. The maximum absolute atomic E-state index is 13.4. The topological polar surface area (TPSA) is 63.7 Å². The molecule has 0 radical (unpaired) electrons. The number of pyridine rings is 1. The van der Waals surface area contributed by atoms with E-state index in [0.717, 1.165) is 0 Å². The van der Waals surface area contributed by atoms with Crippen LogP contribution in [0.15, 0.2) is 12.3 Å². The van der Waals surface area contributed by atoms with E-state index < -0.39 is 19.9 Å². The molecular formula is C21H35ClFN3O3Si. The summed E-state index contributed by atoms with van der Waals surface area (Å²) in [4.78, 5) is 18.0. The van der Waals surface area contributed by atoms with Gasteiger partial charge in [-0.25, -0.2) is 9.78 Å². The number of halogens is 2. The van der Waals surface area contributed by atoms with E-state index in [9.17, 15) is 9.18 Å². The number of hydrogen-bond donors (Lipinski definition) is 1. The molecule has 2 heterocycles. The number of piperidine rings is 1. The smallest absolute Gasteiger partial charge is 0.410 e. The molecule has 0 bridgehead atoms. The molecule has 0 aromatic carbocycles. The van der Waals surface area contributed by atoms with Crippen LogP contribution in [0.5, 0.6) is 0 Å². The number of amides is 1. The van der Waals surface area contributed by atoms with E-state index in [1.165, 1.54) is 12.3 Å². The molecule has 1 fully saturated rings. The Morgan fingerprint density at radius 3 is 2.47 bits per heavy atom. The Morgan fingerprint density at radius 1 is 1.30 bits per heavy atom. The van der Waals surface area contributed by atoms with Crippen molar-refractivity contribution in [3.63, 3.8) is 0 Å². The van der Waals surface area contributed by atoms with E-state index in [2.05, 4.69) is 44.2 Å². The molecule has 1 amide bonds. The van der Waals surface area contributed by atoms with Gasteiger partial charge in [-0.15, -0.1) is 0 Å². The van der Waals surface area contributed by atoms with Gasteiger partial charge in [0.2, 0.25) is 5.95 Å². The van der Waals surface area contributed by atoms with E-state index in [0.29, 0.717) is 25.2 Å². The van der Waals surface area contributed by atoms with E-state index >= 15 is 0 Å². The molecule has 0 aliphatic carbocycles. The van der Waals surface area contributed by atoms with E-state index in [-0.39, 0.29) is 28.3 Å². The second-order valence-corrected chi connectivity index (χ2v) is 15.5. The number of nitrogens with one attached hydrogen (secondary N) is 1. The van der Waals surface area contributed by atoms with Crippen LogP contribution in [0.25, 0.3) is 0 Å². The van der Waals surface area contributed by atoms with Crippen LogP contribution >= 0.6 is 11.6 Å². The number of carbonyl (C=O) groups excluding carboxylic acids is 1. The van der Waals surface area contributed by atoms with Crippen LogP contribution in [-0.2, 0) is 9.16 Å². The Labute approximate surface area is 185 Å². The number of anilines is 1. The quantitative estimate of drug-likeness (QED) is 0.463. The molecule has 1 aliphatic heterocycles. The summed E-state index contributed by atoms with van der Waals surface area (Å²) in [6, 6.07) is 1.45. The molecule has 30 heavy (non-hydrogen) atoms. The second-order valence-electron chi connectivity index (χ2n) is 10.4. The number of likely N-dealkylation sites (tertiary alicyclic amines) is 1. The van der Waals surface area contributed by atoms with Gasteiger partial charge in [0, 0.05) is 6.54 Å². The first-order chi connectivity index (χ1) is 13.6. The highest BCUT2D eigenvalue weighted by molar-refractivity contribution is 6.74. The molecule has 1 N–H and O–H groups in total. The maximum Gasteiger partial charge on any atom is 0.410 e. The predicted octanol–water partition coefficient (Wildman–Crippen LogP) is 5.69. The van der Waals surface area contributed by atoms with Crippen LogP contribution in [0.4, 0.5) is 14.9 Å². The molecule has 1 aromatic rings. The third kappa shape index (κ3) is 6.56. The zero-order valence-corrected chi connectivity index (χ0v) is 21.1. The summed E-state index contributed by atoms with van der Waals surface area (Å²) >= 11 is 5.89. The van der Waals surface area contributed by atoms with Gasteiger partial charge in [-0.3, -0.25) is 0 Å². The first-order valence-electron chi connectivity index (χ1n) is 10.3. The summed E-state index contributed by atoms with van der Waals surface area (Å²) in [5.41, 5.74) is 0.0688. The van der Waals surface area contributed by atoms with Crippen molar-refractivity contribution in [2.75, 3.05) is 18.4 Å². The van der Waals surface area contributed by atoms with E-state index in [4.69, 9.17) is 20.8 Å². The fourth-order valence-corrected chi connectivity index (χ4v) is 4.48. The number of ether oxygens (including phenoxy) is 1. The second kappa shape index (κ2) is 9.00. The highest BCUT2D eigenvalue weighted by Crippen LogP contribution is 2.38. The molecule has 0 saturated carbocycles. The van der Waals surface area contributed by atoms with Gasteiger partial charge in [-0.1, -0.05) is 32.4 Å². The Bertz CT molecular complexity index is 765. The normalized spacial score (nSPS) is 20.8. The van der Waals surface area contributed by atoms with Gasteiger partial charge in [-0.05, 0) is 51.4 Å². The Morgan fingerprint density at radius 2 is 1.93 bits per heavy atom. The van der Waals surface area contributed by atoms with Crippen molar-refractivity contribution in [3.05, 3.63) is 23.2 Å². The largest absolute Gasteiger partial charge is 0.444 e. The fraction of sp³-hybridized carbons (Fsp3) is 0.714. The summed E-state index contributed by atoms with van der Waals surface area (Å²) in [5, 5.41) is 3.37. The SMILES string of the molecule is CC(C)(C)OC(=O)N1CC[C@H](Nc2cnc(F)c(Cl)c2)[C@H](O[Si](C)(C)C(C)(C)C)C1. The third-order valence-corrected chi connectivity index (χ3v) is 10.4. The minimum absolute atomic E-state index is 0.0203. The molecule has 1 saturated heterocycles. The lowest BCUT2D eigenvalue weighted by Crippen LogP contribution is -2.57. The van der Waals surface area contributed by atoms with Crippen molar-refractivity contribution in [3.8, 4) is 0 Å². The maximum atomic E-state index is 13.4.